The monoisotopic (exact) mass is 251 g/mol. The van der Waals surface area contributed by atoms with Gasteiger partial charge in [0, 0.05) is 0 Å². The summed E-state index contributed by atoms with van der Waals surface area (Å²) >= 11 is 1.72. The van der Waals surface area contributed by atoms with Gasteiger partial charge in [-0.05, 0) is 12.2 Å². The molecule has 0 aromatic heterocycles. The van der Waals surface area contributed by atoms with Crippen LogP contribution in [-0.4, -0.2) is 35.0 Å². The smallest absolute Gasteiger partial charge is 0.222 e. The van der Waals surface area contributed by atoms with E-state index < -0.39 is 0 Å². The molecule has 0 aliphatic carbocycles. The lowest BCUT2D eigenvalue weighted by Crippen LogP contribution is -2.31. The predicted octanol–water partition coefficient (Wildman–Crippen LogP) is 1.84. The van der Waals surface area contributed by atoms with E-state index in [0.717, 1.165) is 10.8 Å². The maximum Gasteiger partial charge on any atom is 0.222 e. The molecule has 0 spiro atoms. The van der Waals surface area contributed by atoms with Crippen molar-refractivity contribution < 1.29 is 0 Å². The number of hydrogen-bond acceptors (Lipinski definition) is 6. The number of fused-ring (bicyclic) bond motifs is 1. The summed E-state index contributed by atoms with van der Waals surface area (Å²) in [6, 6.07) is -0.0986. The average molecular weight is 251 g/mol. The molecule has 17 heavy (non-hydrogen) atoms. The zero-order valence-corrected chi connectivity index (χ0v) is 10.8. The molecule has 0 radical (unpaired) electrons. The zero-order valence-electron chi connectivity index (χ0n) is 9.96. The van der Waals surface area contributed by atoms with Crippen molar-refractivity contribution in [2.24, 2.45) is 25.7 Å². The minimum Gasteiger partial charge on any atom is -0.368 e. The highest BCUT2D eigenvalue weighted by Crippen LogP contribution is 2.20. The fraction of sp³-hybridized carbons (Fsp3) is 0.636. The van der Waals surface area contributed by atoms with Crippen molar-refractivity contribution in [1.29, 1.82) is 0 Å². The second-order valence-corrected chi connectivity index (χ2v) is 5.10. The number of thioether (sulfide) groups is 1. The molecule has 0 aromatic carbocycles. The van der Waals surface area contributed by atoms with E-state index in [2.05, 4.69) is 26.9 Å². The van der Waals surface area contributed by atoms with Gasteiger partial charge in [-0.15, -0.1) is 11.8 Å². The van der Waals surface area contributed by atoms with Gasteiger partial charge in [0.1, 0.15) is 11.4 Å². The van der Waals surface area contributed by atoms with Crippen LogP contribution in [0.3, 0.4) is 0 Å². The lowest BCUT2D eigenvalue weighted by atomic mass is 10.2. The quantitative estimate of drug-likeness (QED) is 0.757. The second-order valence-electron chi connectivity index (χ2n) is 3.98. The summed E-state index contributed by atoms with van der Waals surface area (Å²) in [5.74, 6) is 2.03. The number of hydrogen-bond donors (Lipinski definition) is 1. The molecule has 0 saturated carbocycles. The first-order chi connectivity index (χ1) is 8.31. The number of rotatable bonds is 5. The van der Waals surface area contributed by atoms with Crippen LogP contribution in [0.15, 0.2) is 20.0 Å². The van der Waals surface area contributed by atoms with Crippen molar-refractivity contribution in [3.63, 3.8) is 0 Å². The third kappa shape index (κ3) is 3.15. The molecule has 92 valence electrons. The van der Waals surface area contributed by atoms with Gasteiger partial charge in [-0.25, -0.2) is 9.98 Å². The van der Waals surface area contributed by atoms with Gasteiger partial charge >= 0.3 is 0 Å². The van der Waals surface area contributed by atoms with Crippen molar-refractivity contribution in [2.45, 2.75) is 38.6 Å². The van der Waals surface area contributed by atoms with Crippen LogP contribution in [-0.2, 0) is 0 Å². The van der Waals surface area contributed by atoms with Crippen LogP contribution in [0.5, 0.6) is 0 Å². The van der Waals surface area contributed by atoms with E-state index in [1.54, 1.807) is 11.8 Å². The Bertz CT molecular complexity index is 397. The average Bonchev–Trinajstić information content (AvgIpc) is 2.76. The van der Waals surface area contributed by atoms with E-state index in [0.29, 0.717) is 11.8 Å². The van der Waals surface area contributed by atoms with Gasteiger partial charge in [0.2, 0.25) is 5.96 Å². The third-order valence-corrected chi connectivity index (χ3v) is 3.69. The van der Waals surface area contributed by atoms with Crippen LogP contribution < -0.4 is 5.73 Å². The van der Waals surface area contributed by atoms with Crippen molar-refractivity contribution in [2.75, 3.05) is 5.75 Å². The lowest BCUT2D eigenvalue weighted by molar-refractivity contribution is 0.707. The normalized spacial score (nSPS) is 21.9. The molecular weight excluding hydrogens is 234 g/mol. The summed E-state index contributed by atoms with van der Waals surface area (Å²) < 4.78 is 0. The fourth-order valence-electron chi connectivity index (χ4n) is 1.69. The predicted molar refractivity (Wildman–Crippen MR) is 75.4 cm³/mol. The summed E-state index contributed by atoms with van der Waals surface area (Å²) in [5, 5.41) is 0.932. The van der Waals surface area contributed by atoms with Gasteiger partial charge in [-0.1, -0.05) is 26.2 Å². The minimum atomic E-state index is -0.0986. The Labute approximate surface area is 105 Å². The van der Waals surface area contributed by atoms with E-state index in [1.807, 2.05) is 0 Å². The molecule has 2 rings (SSSR count). The topological polar surface area (TPSA) is 75.5 Å². The van der Waals surface area contributed by atoms with E-state index in [-0.39, 0.29) is 6.04 Å². The molecule has 2 aliphatic rings. The summed E-state index contributed by atoms with van der Waals surface area (Å²) in [4.78, 5) is 16.7. The highest BCUT2D eigenvalue weighted by Gasteiger charge is 2.28. The minimum absolute atomic E-state index is 0.0986. The number of unbranched alkanes of at least 4 members (excludes halogenated alkanes) is 3. The van der Waals surface area contributed by atoms with E-state index in [9.17, 15) is 0 Å². The molecular formula is C11H17N5S. The lowest BCUT2D eigenvalue weighted by Gasteiger charge is -2.15. The van der Waals surface area contributed by atoms with Gasteiger partial charge in [0.15, 0.2) is 11.9 Å². The van der Waals surface area contributed by atoms with Crippen molar-refractivity contribution in [3.05, 3.63) is 0 Å². The van der Waals surface area contributed by atoms with Crippen LogP contribution in [0, 0.1) is 0 Å². The van der Waals surface area contributed by atoms with Crippen LogP contribution in [0.4, 0.5) is 0 Å². The number of guanidine groups is 1. The number of nitrogens with two attached hydrogens (primary N) is 1. The molecule has 1 unspecified atom stereocenters. The van der Waals surface area contributed by atoms with Gasteiger partial charge in [-0.2, -0.15) is 4.99 Å². The van der Waals surface area contributed by atoms with Gasteiger partial charge in [0.25, 0.3) is 0 Å². The second kappa shape index (κ2) is 5.95. The number of aliphatic imine (C=N–C) groups is 4. The molecule has 2 N–H and O–H groups in total. The first kappa shape index (κ1) is 12.3. The van der Waals surface area contributed by atoms with Gasteiger partial charge < -0.3 is 5.73 Å². The molecule has 6 heteroatoms. The Hall–Kier alpha value is -1.17. The third-order valence-electron chi connectivity index (χ3n) is 2.59. The van der Waals surface area contributed by atoms with E-state index in [1.165, 1.54) is 32.0 Å². The summed E-state index contributed by atoms with van der Waals surface area (Å²) in [7, 11) is 0. The highest BCUT2D eigenvalue weighted by atomic mass is 32.2. The first-order valence-electron chi connectivity index (χ1n) is 5.96. The van der Waals surface area contributed by atoms with Crippen LogP contribution >= 0.6 is 11.8 Å². The first-order valence-corrected chi connectivity index (χ1v) is 6.94. The largest absolute Gasteiger partial charge is 0.368 e. The molecule has 2 aliphatic heterocycles. The Balaban J connectivity index is 1.85. The fourth-order valence-corrected chi connectivity index (χ4v) is 2.73. The van der Waals surface area contributed by atoms with Crippen LogP contribution in [0.2, 0.25) is 0 Å². The number of nitrogens with zero attached hydrogens (tertiary/aromatic N) is 4. The zero-order chi connectivity index (χ0) is 12.1. The Morgan fingerprint density at radius 3 is 3.00 bits per heavy atom. The molecule has 2 heterocycles. The van der Waals surface area contributed by atoms with Crippen molar-refractivity contribution in [3.8, 4) is 0 Å². The maximum atomic E-state index is 5.65. The van der Waals surface area contributed by atoms with Crippen molar-refractivity contribution >= 4 is 34.9 Å². The molecule has 1 atom stereocenters. The van der Waals surface area contributed by atoms with E-state index >= 15 is 0 Å². The standard InChI is InChI=1S/C11H17N5S/c1-2-3-4-5-6-17-10-8-9(14-7-13-8)15-11(12)16-10/h7-8H,2-6H2,1H3,(H2,12,13,14,15). The van der Waals surface area contributed by atoms with Gasteiger partial charge in [0.05, 0.1) is 0 Å². The molecule has 0 saturated heterocycles. The van der Waals surface area contributed by atoms with Crippen molar-refractivity contribution in [1.82, 2.24) is 0 Å². The Morgan fingerprint density at radius 2 is 2.18 bits per heavy atom. The molecule has 0 amide bonds. The summed E-state index contributed by atoms with van der Waals surface area (Å²) in [6.07, 6.45) is 6.57. The van der Waals surface area contributed by atoms with Gasteiger partial charge in [-0.3, -0.25) is 4.99 Å². The maximum absolute atomic E-state index is 5.65. The summed E-state index contributed by atoms with van der Waals surface area (Å²) in [6.45, 7) is 2.21. The molecule has 5 nitrogen and oxygen atoms in total. The molecule has 0 fully saturated rings. The van der Waals surface area contributed by atoms with Crippen LogP contribution in [0.25, 0.3) is 0 Å². The summed E-state index contributed by atoms with van der Waals surface area (Å²) in [5.41, 5.74) is 5.65. The molecule has 0 bridgehead atoms. The Kier molecular flexibility index (Phi) is 4.30. The van der Waals surface area contributed by atoms with E-state index in [4.69, 9.17) is 5.73 Å². The van der Waals surface area contributed by atoms with Crippen LogP contribution in [0.1, 0.15) is 32.6 Å². The molecule has 0 aromatic rings. The SMILES string of the molecule is CCCCCCSC1=NC(N)=NC2=NC=NC21. The Morgan fingerprint density at radius 1 is 1.29 bits per heavy atom. The number of amidine groups is 1. The highest BCUT2D eigenvalue weighted by molar-refractivity contribution is 8.14.